The predicted octanol–water partition coefficient (Wildman–Crippen LogP) is 3.61. The Labute approximate surface area is 159 Å². The van der Waals surface area contributed by atoms with Crippen LogP contribution in [0.15, 0.2) is 35.4 Å². The SMILES string of the molecule is Cc1ccc(NC(=O)C2CCC(F)(F)C2)nc1-c1cn(C)c(=O)c2[nH]ccc12. The molecule has 0 radical (unpaired) electrons. The number of hydrogen-bond donors (Lipinski definition) is 2. The van der Waals surface area contributed by atoms with Crippen molar-refractivity contribution in [1.82, 2.24) is 14.5 Å². The van der Waals surface area contributed by atoms with Crippen molar-refractivity contribution in [2.75, 3.05) is 5.32 Å². The number of aromatic nitrogens is 3. The Morgan fingerprint density at radius 3 is 2.86 bits per heavy atom. The average Bonchev–Trinajstić information content (AvgIpc) is 3.26. The molecule has 8 heteroatoms. The van der Waals surface area contributed by atoms with Crippen LogP contribution in [0.4, 0.5) is 14.6 Å². The van der Waals surface area contributed by atoms with Gasteiger partial charge < -0.3 is 14.9 Å². The fourth-order valence-corrected chi connectivity index (χ4v) is 3.73. The van der Waals surface area contributed by atoms with Gasteiger partial charge in [0.05, 0.1) is 5.69 Å². The zero-order valence-electron chi connectivity index (χ0n) is 15.6. The van der Waals surface area contributed by atoms with Gasteiger partial charge >= 0.3 is 0 Å². The zero-order chi connectivity index (χ0) is 20.1. The average molecular weight is 386 g/mol. The monoisotopic (exact) mass is 386 g/mol. The Morgan fingerprint density at radius 1 is 1.36 bits per heavy atom. The predicted molar refractivity (Wildman–Crippen MR) is 102 cm³/mol. The number of nitrogens with zero attached hydrogens (tertiary/aromatic N) is 2. The molecule has 0 aromatic carbocycles. The number of carbonyl (C=O) groups is 1. The van der Waals surface area contributed by atoms with E-state index < -0.39 is 24.2 Å². The standard InChI is InChI=1S/C20H20F2N4O2/c1-11-3-4-15(25-18(27)12-5-7-20(21,22)9-12)24-16(11)14-10-26(2)19(28)17-13(14)6-8-23-17/h3-4,6,8,10,12,23H,5,7,9H2,1-2H3,(H,24,25,27). The van der Waals surface area contributed by atoms with Gasteiger partial charge in [-0.05, 0) is 31.0 Å². The van der Waals surface area contributed by atoms with Crippen molar-refractivity contribution < 1.29 is 13.6 Å². The van der Waals surface area contributed by atoms with E-state index in [1.807, 2.05) is 13.0 Å². The number of fused-ring (bicyclic) bond motifs is 1. The third kappa shape index (κ3) is 3.19. The minimum atomic E-state index is -2.78. The first-order valence-corrected chi connectivity index (χ1v) is 9.08. The van der Waals surface area contributed by atoms with Crippen molar-refractivity contribution in [2.24, 2.45) is 13.0 Å². The maximum Gasteiger partial charge on any atom is 0.274 e. The van der Waals surface area contributed by atoms with E-state index >= 15 is 0 Å². The van der Waals surface area contributed by atoms with Crippen LogP contribution in [0.25, 0.3) is 22.2 Å². The molecule has 0 spiro atoms. The molecule has 3 heterocycles. The van der Waals surface area contributed by atoms with Gasteiger partial charge in [-0.25, -0.2) is 13.8 Å². The van der Waals surface area contributed by atoms with Crippen molar-refractivity contribution in [3.8, 4) is 11.3 Å². The van der Waals surface area contributed by atoms with Gasteiger partial charge in [0.15, 0.2) is 0 Å². The van der Waals surface area contributed by atoms with E-state index in [-0.39, 0.29) is 18.4 Å². The first-order chi connectivity index (χ1) is 13.2. The molecule has 6 nitrogen and oxygen atoms in total. The number of halogens is 2. The van der Waals surface area contributed by atoms with Crippen molar-refractivity contribution in [3.05, 3.63) is 46.5 Å². The maximum absolute atomic E-state index is 13.4. The number of alkyl halides is 2. The zero-order valence-corrected chi connectivity index (χ0v) is 15.6. The molecule has 0 saturated heterocycles. The molecule has 1 fully saturated rings. The van der Waals surface area contributed by atoms with Crippen LogP contribution in [0.5, 0.6) is 0 Å². The fourth-order valence-electron chi connectivity index (χ4n) is 3.73. The molecule has 146 valence electrons. The molecule has 0 aliphatic heterocycles. The second-order valence-corrected chi connectivity index (χ2v) is 7.37. The minimum Gasteiger partial charge on any atom is -0.357 e. The number of nitrogens with one attached hydrogen (secondary N) is 2. The van der Waals surface area contributed by atoms with E-state index in [0.29, 0.717) is 17.0 Å². The topological polar surface area (TPSA) is 79.8 Å². The van der Waals surface area contributed by atoms with E-state index in [2.05, 4.69) is 15.3 Å². The van der Waals surface area contributed by atoms with Crippen LogP contribution in [-0.2, 0) is 11.8 Å². The largest absolute Gasteiger partial charge is 0.357 e. The van der Waals surface area contributed by atoms with Crippen LogP contribution in [-0.4, -0.2) is 26.4 Å². The van der Waals surface area contributed by atoms with Gasteiger partial charge in [0, 0.05) is 49.2 Å². The highest BCUT2D eigenvalue weighted by Gasteiger charge is 2.42. The van der Waals surface area contributed by atoms with E-state index in [0.717, 1.165) is 16.5 Å². The van der Waals surface area contributed by atoms with E-state index in [4.69, 9.17) is 0 Å². The Hall–Kier alpha value is -3.03. The molecule has 1 aliphatic rings. The molecule has 1 atom stereocenters. The minimum absolute atomic E-state index is 0.145. The van der Waals surface area contributed by atoms with Crippen molar-refractivity contribution in [1.29, 1.82) is 0 Å². The first-order valence-electron chi connectivity index (χ1n) is 9.08. The van der Waals surface area contributed by atoms with Gasteiger partial charge in [-0.3, -0.25) is 9.59 Å². The quantitative estimate of drug-likeness (QED) is 0.722. The number of anilines is 1. The molecule has 1 unspecified atom stereocenters. The van der Waals surface area contributed by atoms with E-state index in [1.54, 1.807) is 31.6 Å². The number of aryl methyl sites for hydroxylation is 2. The molecule has 2 N–H and O–H groups in total. The van der Waals surface area contributed by atoms with Gasteiger partial charge in [-0.15, -0.1) is 0 Å². The van der Waals surface area contributed by atoms with E-state index in [9.17, 15) is 18.4 Å². The molecule has 0 bridgehead atoms. The molecule has 28 heavy (non-hydrogen) atoms. The van der Waals surface area contributed by atoms with Gasteiger partial charge in [-0.1, -0.05) is 6.07 Å². The Bertz CT molecular complexity index is 1130. The summed E-state index contributed by atoms with van der Waals surface area (Å²) < 4.78 is 28.3. The van der Waals surface area contributed by atoms with Crippen LogP contribution < -0.4 is 10.9 Å². The Kier molecular flexibility index (Phi) is 4.28. The van der Waals surface area contributed by atoms with Gasteiger partial charge in [0.1, 0.15) is 11.3 Å². The highest BCUT2D eigenvalue weighted by Crippen LogP contribution is 2.39. The third-order valence-corrected chi connectivity index (χ3v) is 5.27. The second kappa shape index (κ2) is 6.54. The number of pyridine rings is 2. The lowest BCUT2D eigenvalue weighted by molar-refractivity contribution is -0.120. The van der Waals surface area contributed by atoms with Gasteiger partial charge in [0.2, 0.25) is 11.8 Å². The Balaban J connectivity index is 1.69. The Morgan fingerprint density at radius 2 is 2.14 bits per heavy atom. The summed E-state index contributed by atoms with van der Waals surface area (Å²) in [6, 6.07) is 5.27. The molecule has 3 aromatic rings. The summed E-state index contributed by atoms with van der Waals surface area (Å²) in [6.07, 6.45) is 2.87. The summed E-state index contributed by atoms with van der Waals surface area (Å²) in [5.41, 5.74) is 2.57. The molecule has 4 rings (SSSR count). The number of hydrogen-bond acceptors (Lipinski definition) is 3. The summed E-state index contributed by atoms with van der Waals surface area (Å²) in [5.74, 6) is -3.62. The normalized spacial score (nSPS) is 18.5. The number of amides is 1. The van der Waals surface area contributed by atoms with Crippen molar-refractivity contribution in [2.45, 2.75) is 32.1 Å². The second-order valence-electron chi connectivity index (χ2n) is 7.37. The van der Waals surface area contributed by atoms with Gasteiger partial charge in [0.25, 0.3) is 5.56 Å². The third-order valence-electron chi connectivity index (χ3n) is 5.27. The number of H-pyrrole nitrogens is 1. The summed E-state index contributed by atoms with van der Waals surface area (Å²) >= 11 is 0. The number of carbonyl (C=O) groups excluding carboxylic acids is 1. The summed E-state index contributed by atoms with van der Waals surface area (Å²) in [7, 11) is 1.66. The summed E-state index contributed by atoms with van der Waals surface area (Å²) in [4.78, 5) is 32.1. The molecule has 1 aliphatic carbocycles. The van der Waals surface area contributed by atoms with Crippen LogP contribution in [0.3, 0.4) is 0 Å². The number of aromatic amines is 1. The van der Waals surface area contributed by atoms with Gasteiger partial charge in [-0.2, -0.15) is 0 Å². The van der Waals surface area contributed by atoms with Crippen molar-refractivity contribution >= 4 is 22.6 Å². The highest BCUT2D eigenvalue weighted by atomic mass is 19.3. The van der Waals surface area contributed by atoms with Crippen LogP contribution in [0.2, 0.25) is 0 Å². The molecule has 1 amide bonds. The summed E-state index contributed by atoms with van der Waals surface area (Å²) in [5, 5.41) is 3.40. The lowest BCUT2D eigenvalue weighted by Gasteiger charge is -2.14. The van der Waals surface area contributed by atoms with Crippen LogP contribution >= 0.6 is 0 Å². The highest BCUT2D eigenvalue weighted by molar-refractivity contribution is 5.95. The lowest BCUT2D eigenvalue weighted by atomic mass is 10.0. The van der Waals surface area contributed by atoms with Crippen LogP contribution in [0.1, 0.15) is 24.8 Å². The van der Waals surface area contributed by atoms with Crippen molar-refractivity contribution in [3.63, 3.8) is 0 Å². The first kappa shape index (κ1) is 18.3. The maximum atomic E-state index is 13.4. The molecular weight excluding hydrogens is 366 g/mol. The lowest BCUT2D eigenvalue weighted by Crippen LogP contribution is -2.23. The molecular formula is C20H20F2N4O2. The smallest absolute Gasteiger partial charge is 0.274 e. The van der Waals surface area contributed by atoms with Crippen LogP contribution in [0, 0.1) is 12.8 Å². The fraction of sp³-hybridized carbons (Fsp3) is 0.350. The summed E-state index contributed by atoms with van der Waals surface area (Å²) in [6.45, 7) is 1.88. The molecule has 3 aromatic heterocycles. The van der Waals surface area contributed by atoms with E-state index in [1.165, 1.54) is 4.57 Å². The number of rotatable bonds is 3. The molecule has 1 saturated carbocycles.